The summed E-state index contributed by atoms with van der Waals surface area (Å²) in [4.78, 5) is 15.8. The third-order valence-electron chi connectivity index (χ3n) is 7.43. The molecule has 5 nitrogen and oxygen atoms in total. The Hall–Kier alpha value is -1.86. The number of hydrogen-bond donors (Lipinski definition) is 2. The molecule has 2 unspecified atom stereocenters. The summed E-state index contributed by atoms with van der Waals surface area (Å²) in [6.07, 6.45) is 4.57. The van der Waals surface area contributed by atoms with Gasteiger partial charge in [-0.2, -0.15) is 0 Å². The zero-order valence-corrected chi connectivity index (χ0v) is 21.7. The number of piperidine rings is 2. The van der Waals surface area contributed by atoms with Crippen molar-refractivity contribution in [3.05, 3.63) is 63.4 Å². The van der Waals surface area contributed by atoms with Gasteiger partial charge >= 0.3 is 5.97 Å². The first-order valence-corrected chi connectivity index (χ1v) is 13.2. The van der Waals surface area contributed by atoms with Crippen LogP contribution in [0.5, 0.6) is 0 Å². The van der Waals surface area contributed by atoms with E-state index in [4.69, 9.17) is 28.3 Å². The second kappa shape index (κ2) is 11.9. The second-order valence-corrected chi connectivity index (χ2v) is 10.7. The SMILES string of the molecule is CC(Nc1cc(C2CCN(C3CCCN(CCC(=O)O)C3)CC2)ccc1F)c1ccc(Cl)cc1Cl. The monoisotopic (exact) mass is 521 g/mol. The molecular weight excluding hydrogens is 488 g/mol. The van der Waals surface area contributed by atoms with Gasteiger partial charge in [-0.15, -0.1) is 0 Å². The van der Waals surface area contributed by atoms with Gasteiger partial charge in [-0.05, 0) is 93.6 Å². The van der Waals surface area contributed by atoms with Gasteiger partial charge in [0.1, 0.15) is 5.82 Å². The van der Waals surface area contributed by atoms with Gasteiger partial charge in [0, 0.05) is 29.2 Å². The number of carboxylic acids is 1. The number of benzene rings is 2. The second-order valence-electron chi connectivity index (χ2n) is 9.82. The van der Waals surface area contributed by atoms with E-state index >= 15 is 0 Å². The van der Waals surface area contributed by atoms with Crippen LogP contribution in [0.25, 0.3) is 0 Å². The molecule has 2 atom stereocenters. The van der Waals surface area contributed by atoms with Gasteiger partial charge in [-0.25, -0.2) is 4.39 Å². The van der Waals surface area contributed by atoms with Gasteiger partial charge in [-0.1, -0.05) is 35.3 Å². The maximum Gasteiger partial charge on any atom is 0.304 e. The van der Waals surface area contributed by atoms with Crippen molar-refractivity contribution in [1.29, 1.82) is 0 Å². The molecule has 2 fully saturated rings. The van der Waals surface area contributed by atoms with E-state index < -0.39 is 5.97 Å². The van der Waals surface area contributed by atoms with Gasteiger partial charge in [0.2, 0.25) is 0 Å². The molecule has 2 saturated heterocycles. The summed E-state index contributed by atoms with van der Waals surface area (Å²) >= 11 is 12.4. The number of rotatable bonds is 8. The summed E-state index contributed by atoms with van der Waals surface area (Å²) in [5.41, 5.74) is 2.53. The summed E-state index contributed by atoms with van der Waals surface area (Å²) in [6, 6.07) is 11.1. The zero-order chi connectivity index (χ0) is 24.9. The van der Waals surface area contributed by atoms with Crippen molar-refractivity contribution in [2.45, 2.75) is 57.0 Å². The number of carboxylic acid groups (broad SMARTS) is 1. The molecule has 2 aromatic rings. The third-order valence-corrected chi connectivity index (χ3v) is 7.99. The molecule has 0 aromatic heterocycles. The zero-order valence-electron chi connectivity index (χ0n) is 20.2. The van der Waals surface area contributed by atoms with Gasteiger partial charge < -0.3 is 15.3 Å². The molecule has 0 saturated carbocycles. The van der Waals surface area contributed by atoms with E-state index in [0.29, 0.717) is 34.2 Å². The molecule has 0 aliphatic carbocycles. The van der Waals surface area contributed by atoms with E-state index in [1.54, 1.807) is 18.2 Å². The minimum Gasteiger partial charge on any atom is -0.481 e. The Morgan fingerprint density at radius 1 is 1.14 bits per heavy atom. The van der Waals surface area contributed by atoms with E-state index in [9.17, 15) is 9.18 Å². The standard InChI is InChI=1S/C27H34Cl2FN3O2/c1-18(23-6-5-21(28)16-24(23)29)31-26-15-20(4-7-25(26)30)19-8-13-33(14-9-19)22-3-2-11-32(17-22)12-10-27(34)35/h4-7,15-16,18-19,22,31H,2-3,8-14,17H2,1H3,(H,34,35). The van der Waals surface area contributed by atoms with Gasteiger partial charge in [0.05, 0.1) is 18.2 Å². The van der Waals surface area contributed by atoms with Gasteiger partial charge in [-0.3, -0.25) is 9.69 Å². The van der Waals surface area contributed by atoms with Crippen LogP contribution in [0.4, 0.5) is 10.1 Å². The number of halogens is 3. The van der Waals surface area contributed by atoms with Crippen LogP contribution in [0.2, 0.25) is 10.0 Å². The van der Waals surface area contributed by atoms with Crippen LogP contribution >= 0.6 is 23.2 Å². The minimum atomic E-state index is -0.730. The summed E-state index contributed by atoms with van der Waals surface area (Å²) < 4.78 is 14.7. The minimum absolute atomic E-state index is 0.165. The number of nitrogens with one attached hydrogen (secondary N) is 1. The first-order valence-electron chi connectivity index (χ1n) is 12.5. The number of carbonyl (C=O) groups is 1. The Balaban J connectivity index is 1.35. The number of hydrogen-bond acceptors (Lipinski definition) is 4. The summed E-state index contributed by atoms with van der Waals surface area (Å²) in [5.74, 6) is -0.605. The lowest BCUT2D eigenvalue weighted by Crippen LogP contribution is -2.50. The molecule has 0 spiro atoms. The number of nitrogens with zero attached hydrogens (tertiary/aromatic N) is 2. The van der Waals surface area contributed by atoms with E-state index in [2.05, 4.69) is 15.1 Å². The molecule has 0 radical (unpaired) electrons. The molecular formula is C27H34Cl2FN3O2. The molecule has 4 rings (SSSR count). The number of anilines is 1. The molecule has 190 valence electrons. The normalized spacial score (nSPS) is 21.1. The van der Waals surface area contributed by atoms with Crippen molar-refractivity contribution in [2.24, 2.45) is 0 Å². The Bertz CT molecular complexity index is 1030. The highest BCUT2D eigenvalue weighted by molar-refractivity contribution is 6.35. The summed E-state index contributed by atoms with van der Waals surface area (Å²) in [6.45, 7) is 6.56. The fraction of sp³-hybridized carbons (Fsp3) is 0.519. The topological polar surface area (TPSA) is 55.8 Å². The lowest BCUT2D eigenvalue weighted by Gasteiger charge is -2.42. The number of aliphatic carboxylic acids is 1. The predicted octanol–water partition coefficient (Wildman–Crippen LogP) is 6.42. The molecule has 2 aromatic carbocycles. The quantitative estimate of drug-likeness (QED) is 0.419. The smallest absolute Gasteiger partial charge is 0.304 e. The first-order chi connectivity index (χ1) is 16.8. The number of likely N-dealkylation sites (tertiary alicyclic amines) is 2. The fourth-order valence-corrected chi connectivity index (χ4v) is 6.03. The first kappa shape index (κ1) is 26.2. The molecule has 2 aliphatic rings. The maximum atomic E-state index is 14.7. The van der Waals surface area contributed by atoms with Crippen LogP contribution in [-0.4, -0.2) is 59.6 Å². The van der Waals surface area contributed by atoms with Crippen molar-refractivity contribution < 1.29 is 14.3 Å². The van der Waals surface area contributed by atoms with Crippen molar-refractivity contribution in [1.82, 2.24) is 9.80 Å². The van der Waals surface area contributed by atoms with Crippen LogP contribution in [0, 0.1) is 5.82 Å². The highest BCUT2D eigenvalue weighted by Crippen LogP contribution is 2.34. The Morgan fingerprint density at radius 3 is 2.63 bits per heavy atom. The largest absolute Gasteiger partial charge is 0.481 e. The van der Waals surface area contributed by atoms with Crippen molar-refractivity contribution in [3.8, 4) is 0 Å². The molecule has 2 N–H and O–H groups in total. The highest BCUT2D eigenvalue weighted by atomic mass is 35.5. The van der Waals surface area contributed by atoms with Crippen LogP contribution in [0.1, 0.15) is 62.1 Å². The van der Waals surface area contributed by atoms with Gasteiger partial charge in [0.15, 0.2) is 0 Å². The Labute approximate surface area is 217 Å². The molecule has 8 heteroatoms. The fourth-order valence-electron chi connectivity index (χ4n) is 5.46. The molecule has 0 bridgehead atoms. The predicted molar refractivity (Wildman–Crippen MR) is 140 cm³/mol. The summed E-state index contributed by atoms with van der Waals surface area (Å²) in [7, 11) is 0. The third kappa shape index (κ3) is 6.88. The van der Waals surface area contributed by atoms with Crippen molar-refractivity contribution in [3.63, 3.8) is 0 Å². The van der Waals surface area contributed by atoms with Crippen LogP contribution < -0.4 is 5.32 Å². The van der Waals surface area contributed by atoms with Crippen LogP contribution in [0.15, 0.2) is 36.4 Å². The lowest BCUT2D eigenvalue weighted by molar-refractivity contribution is -0.137. The lowest BCUT2D eigenvalue weighted by atomic mass is 9.87. The maximum absolute atomic E-state index is 14.7. The molecule has 0 amide bonds. The Morgan fingerprint density at radius 2 is 1.91 bits per heavy atom. The molecule has 35 heavy (non-hydrogen) atoms. The highest BCUT2D eigenvalue weighted by Gasteiger charge is 2.29. The van der Waals surface area contributed by atoms with Crippen molar-refractivity contribution >= 4 is 34.9 Å². The van der Waals surface area contributed by atoms with E-state index in [1.807, 2.05) is 25.1 Å². The average molecular weight is 522 g/mol. The van der Waals surface area contributed by atoms with Crippen molar-refractivity contribution in [2.75, 3.05) is 38.0 Å². The van der Waals surface area contributed by atoms with E-state index in [-0.39, 0.29) is 18.3 Å². The van der Waals surface area contributed by atoms with Gasteiger partial charge in [0.25, 0.3) is 0 Å². The van der Waals surface area contributed by atoms with Crippen LogP contribution in [0.3, 0.4) is 0 Å². The summed E-state index contributed by atoms with van der Waals surface area (Å²) in [5, 5.41) is 13.4. The van der Waals surface area contributed by atoms with Crippen LogP contribution in [-0.2, 0) is 4.79 Å². The van der Waals surface area contributed by atoms with E-state index in [1.165, 1.54) is 6.42 Å². The molecule has 2 heterocycles. The molecule has 2 aliphatic heterocycles. The van der Waals surface area contributed by atoms with E-state index in [0.717, 1.165) is 56.6 Å². The Kier molecular flexibility index (Phi) is 8.92. The average Bonchev–Trinajstić information content (AvgIpc) is 2.84.